The Balaban J connectivity index is 1.57. The Morgan fingerprint density at radius 3 is 2.28 bits per heavy atom. The van der Waals surface area contributed by atoms with E-state index in [0.29, 0.717) is 64.4 Å². The van der Waals surface area contributed by atoms with E-state index in [4.69, 9.17) is 9.47 Å². The van der Waals surface area contributed by atoms with E-state index in [0.717, 1.165) is 4.57 Å². The number of morpholine rings is 1. The molecule has 0 spiro atoms. The Morgan fingerprint density at radius 1 is 1.00 bits per heavy atom. The minimum absolute atomic E-state index is 0.00797. The van der Waals surface area contributed by atoms with Crippen molar-refractivity contribution in [2.45, 2.75) is 6.43 Å². The van der Waals surface area contributed by atoms with Crippen molar-refractivity contribution in [1.29, 1.82) is 0 Å². The second-order valence-corrected chi connectivity index (χ2v) is 8.39. The summed E-state index contributed by atoms with van der Waals surface area (Å²) < 4.78 is 39.6. The van der Waals surface area contributed by atoms with Gasteiger partial charge in [-0.2, -0.15) is 15.0 Å². The number of piperazine rings is 1. The number of para-hydroxylation sites is 1. The number of hydrogen-bond donors (Lipinski definition) is 1. The predicted molar refractivity (Wildman–Crippen MR) is 125 cm³/mol. The average molecular weight is 504 g/mol. The fourth-order valence-corrected chi connectivity index (χ4v) is 4.32. The van der Waals surface area contributed by atoms with Crippen LogP contribution in [0.25, 0.3) is 17.0 Å². The molecule has 192 valence electrons. The number of fused-ring (bicyclic) bond motifs is 1. The van der Waals surface area contributed by atoms with Gasteiger partial charge in [0.05, 0.1) is 18.7 Å². The van der Waals surface area contributed by atoms with Gasteiger partial charge in [0.25, 0.3) is 6.43 Å². The van der Waals surface area contributed by atoms with Crippen molar-refractivity contribution in [1.82, 2.24) is 29.4 Å². The van der Waals surface area contributed by atoms with Crippen LogP contribution in [0.1, 0.15) is 12.2 Å². The number of hydrogen-bond acceptors (Lipinski definition) is 10. The molecular weight excluding hydrogens is 478 g/mol. The van der Waals surface area contributed by atoms with Crippen molar-refractivity contribution in [3.63, 3.8) is 0 Å². The van der Waals surface area contributed by atoms with Gasteiger partial charge in [-0.15, -0.1) is 0 Å². The van der Waals surface area contributed by atoms with Crippen LogP contribution in [0.5, 0.6) is 5.75 Å². The number of benzene rings is 1. The molecule has 0 atom stereocenters. The molecule has 5 rings (SSSR count). The fraction of sp³-hybridized carbons (Fsp3) is 0.500. The summed E-state index contributed by atoms with van der Waals surface area (Å²) in [6.45, 7) is 3.85. The number of ether oxygens (including phenoxy) is 2. The van der Waals surface area contributed by atoms with E-state index in [1.807, 2.05) is 9.80 Å². The number of anilines is 2. The van der Waals surface area contributed by atoms with E-state index in [-0.39, 0.29) is 35.2 Å². The standard InChI is InChI=1S/C22H26F2N8O4/c1-35-13-16(34)29-5-7-30(8-6-29)20-26-21(31-9-11-36-12-10-31)28-22(27-20)32-14-3-2-4-15(33)17(14)25-19(32)18(23)24/h2-4,18,33H,5-13H2,1H3. The topological polar surface area (TPSA) is 122 Å². The molecule has 0 aliphatic carbocycles. The molecule has 36 heavy (non-hydrogen) atoms. The second kappa shape index (κ2) is 10.1. The van der Waals surface area contributed by atoms with Crippen molar-refractivity contribution in [3.8, 4) is 11.7 Å². The first-order valence-corrected chi connectivity index (χ1v) is 11.6. The van der Waals surface area contributed by atoms with Crippen molar-refractivity contribution in [2.75, 3.05) is 76.0 Å². The molecule has 3 aromatic rings. The zero-order chi connectivity index (χ0) is 25.2. The number of nitrogens with zero attached hydrogens (tertiary/aromatic N) is 8. The molecule has 2 aliphatic heterocycles. The van der Waals surface area contributed by atoms with Gasteiger partial charge in [0.2, 0.25) is 23.8 Å². The van der Waals surface area contributed by atoms with Crippen molar-refractivity contribution >= 4 is 28.8 Å². The molecular formula is C22H26F2N8O4. The summed E-state index contributed by atoms with van der Waals surface area (Å²) in [6.07, 6.45) is -2.93. The van der Waals surface area contributed by atoms with Crippen LogP contribution in [-0.2, 0) is 14.3 Å². The summed E-state index contributed by atoms with van der Waals surface area (Å²) in [7, 11) is 1.47. The van der Waals surface area contributed by atoms with E-state index >= 15 is 0 Å². The number of phenols is 1. The van der Waals surface area contributed by atoms with Crippen LogP contribution in [-0.4, -0.2) is 107 Å². The molecule has 0 saturated carbocycles. The Kier molecular flexibility index (Phi) is 6.78. The molecule has 1 aromatic carbocycles. The quantitative estimate of drug-likeness (QED) is 0.520. The van der Waals surface area contributed by atoms with Gasteiger partial charge in [-0.1, -0.05) is 6.07 Å². The minimum atomic E-state index is -2.93. The highest BCUT2D eigenvalue weighted by Gasteiger charge is 2.28. The largest absolute Gasteiger partial charge is 0.506 e. The maximum atomic E-state index is 14.1. The number of halogens is 2. The minimum Gasteiger partial charge on any atom is -0.506 e. The van der Waals surface area contributed by atoms with Gasteiger partial charge in [0.15, 0.2) is 5.82 Å². The summed E-state index contributed by atoms with van der Waals surface area (Å²) in [5, 5.41) is 10.2. The van der Waals surface area contributed by atoms with Gasteiger partial charge in [-0.05, 0) is 12.1 Å². The number of phenolic OH excluding ortho intramolecular Hbond substituents is 1. The van der Waals surface area contributed by atoms with Crippen LogP contribution in [0.3, 0.4) is 0 Å². The molecule has 0 bridgehead atoms. The first-order chi connectivity index (χ1) is 17.5. The normalized spacial score (nSPS) is 16.8. The van der Waals surface area contributed by atoms with E-state index in [9.17, 15) is 18.7 Å². The van der Waals surface area contributed by atoms with Gasteiger partial charge in [-0.25, -0.2) is 13.8 Å². The summed E-state index contributed by atoms with van der Waals surface area (Å²) in [5.41, 5.74) is 0.290. The molecule has 2 fully saturated rings. The van der Waals surface area contributed by atoms with Crippen molar-refractivity contribution in [3.05, 3.63) is 24.0 Å². The monoisotopic (exact) mass is 504 g/mol. The lowest BCUT2D eigenvalue weighted by Gasteiger charge is -2.35. The van der Waals surface area contributed by atoms with Gasteiger partial charge >= 0.3 is 0 Å². The van der Waals surface area contributed by atoms with Crippen LogP contribution < -0.4 is 9.80 Å². The molecule has 1 N–H and O–H groups in total. The smallest absolute Gasteiger partial charge is 0.296 e. The lowest BCUT2D eigenvalue weighted by Crippen LogP contribution is -2.50. The Labute approximate surface area is 205 Å². The third kappa shape index (κ3) is 4.60. The first kappa shape index (κ1) is 24.1. The predicted octanol–water partition coefficient (Wildman–Crippen LogP) is 0.985. The number of aromatic hydroxyl groups is 1. The lowest BCUT2D eigenvalue weighted by molar-refractivity contribution is -0.135. The fourth-order valence-electron chi connectivity index (χ4n) is 4.32. The van der Waals surface area contributed by atoms with Crippen LogP contribution in [0.2, 0.25) is 0 Å². The molecule has 12 nitrogen and oxygen atoms in total. The van der Waals surface area contributed by atoms with Gasteiger partial charge in [-0.3, -0.25) is 9.36 Å². The first-order valence-electron chi connectivity index (χ1n) is 11.6. The van der Waals surface area contributed by atoms with Gasteiger partial charge < -0.3 is 29.3 Å². The number of methoxy groups -OCH3 is 1. The van der Waals surface area contributed by atoms with E-state index in [1.165, 1.54) is 13.2 Å². The number of alkyl halides is 2. The lowest BCUT2D eigenvalue weighted by atomic mass is 10.3. The van der Waals surface area contributed by atoms with Crippen LogP contribution in [0.15, 0.2) is 18.2 Å². The molecule has 0 unspecified atom stereocenters. The van der Waals surface area contributed by atoms with Gasteiger partial charge in [0, 0.05) is 46.4 Å². The number of aromatic nitrogens is 5. The molecule has 2 aliphatic rings. The maximum absolute atomic E-state index is 14.1. The summed E-state index contributed by atoms with van der Waals surface area (Å²) in [5.74, 6) is -0.281. The third-order valence-electron chi connectivity index (χ3n) is 6.16. The summed E-state index contributed by atoms with van der Waals surface area (Å²) >= 11 is 0. The van der Waals surface area contributed by atoms with Crippen molar-refractivity contribution < 1.29 is 28.2 Å². The zero-order valence-corrected chi connectivity index (χ0v) is 19.7. The molecule has 4 heterocycles. The Bertz CT molecular complexity index is 1240. The molecule has 1 amide bonds. The molecule has 14 heteroatoms. The van der Waals surface area contributed by atoms with E-state index in [1.54, 1.807) is 17.0 Å². The van der Waals surface area contributed by atoms with Crippen molar-refractivity contribution in [2.24, 2.45) is 0 Å². The average Bonchev–Trinajstić information content (AvgIpc) is 3.31. The third-order valence-corrected chi connectivity index (χ3v) is 6.16. The van der Waals surface area contributed by atoms with E-state index in [2.05, 4.69) is 19.9 Å². The van der Waals surface area contributed by atoms with Crippen LogP contribution in [0, 0.1) is 0 Å². The Hall–Kier alpha value is -3.65. The molecule has 0 radical (unpaired) electrons. The van der Waals surface area contributed by atoms with Crippen LogP contribution in [0.4, 0.5) is 20.7 Å². The highest BCUT2D eigenvalue weighted by atomic mass is 19.3. The highest BCUT2D eigenvalue weighted by Crippen LogP contribution is 2.32. The SMILES string of the molecule is COCC(=O)N1CCN(c2nc(N3CCOCC3)nc(-n3c(C(F)F)nc4c(O)cccc43)n2)CC1. The molecule has 2 saturated heterocycles. The molecule has 2 aromatic heterocycles. The number of amides is 1. The van der Waals surface area contributed by atoms with E-state index < -0.39 is 12.2 Å². The van der Waals surface area contributed by atoms with Crippen LogP contribution >= 0.6 is 0 Å². The number of imidazole rings is 1. The summed E-state index contributed by atoms with van der Waals surface area (Å²) in [6, 6.07) is 4.51. The zero-order valence-electron chi connectivity index (χ0n) is 19.7. The summed E-state index contributed by atoms with van der Waals surface area (Å²) in [4.78, 5) is 35.4. The second-order valence-electron chi connectivity index (χ2n) is 8.39. The number of rotatable bonds is 6. The Morgan fingerprint density at radius 2 is 1.64 bits per heavy atom. The van der Waals surface area contributed by atoms with Gasteiger partial charge in [0.1, 0.15) is 17.9 Å². The highest BCUT2D eigenvalue weighted by molar-refractivity contribution is 5.83. The number of carbonyl (C=O) groups excluding carboxylic acids is 1. The number of carbonyl (C=O) groups is 1. The maximum Gasteiger partial charge on any atom is 0.296 e.